The van der Waals surface area contributed by atoms with Crippen molar-refractivity contribution in [2.24, 2.45) is 0 Å². The van der Waals surface area contributed by atoms with Gasteiger partial charge in [0.25, 0.3) is 5.91 Å². The zero-order valence-corrected chi connectivity index (χ0v) is 18.2. The van der Waals surface area contributed by atoms with Gasteiger partial charge in [-0.15, -0.1) is 0 Å². The maximum Gasteiger partial charge on any atom is 0.416 e. The molecular formula is C22H31F3N4O3. The van der Waals surface area contributed by atoms with Crippen LogP contribution >= 0.6 is 0 Å². The number of rotatable bonds is 8. The van der Waals surface area contributed by atoms with Crippen LogP contribution in [0.25, 0.3) is 0 Å². The van der Waals surface area contributed by atoms with Gasteiger partial charge in [0, 0.05) is 70.9 Å². The second-order valence-electron chi connectivity index (χ2n) is 8.06. The molecule has 0 aromatic heterocycles. The minimum atomic E-state index is -4.45. The molecule has 7 nitrogen and oxygen atoms in total. The third-order valence-electron chi connectivity index (χ3n) is 5.82. The highest BCUT2D eigenvalue weighted by molar-refractivity contribution is 5.94. The first-order valence-corrected chi connectivity index (χ1v) is 11.1. The van der Waals surface area contributed by atoms with Gasteiger partial charge in [-0.25, -0.2) is 0 Å². The third kappa shape index (κ3) is 7.18. The zero-order chi connectivity index (χ0) is 23.0. The molecule has 0 spiro atoms. The third-order valence-corrected chi connectivity index (χ3v) is 5.82. The molecule has 0 unspecified atom stereocenters. The van der Waals surface area contributed by atoms with Gasteiger partial charge in [0.2, 0.25) is 5.91 Å². The predicted octanol–water partition coefficient (Wildman–Crippen LogP) is 1.69. The SMILES string of the molecule is O=C(CCN(CCCN1CCOCC1)C(=O)c1ccc(C(F)(F)F)cc1)N1CCNCC1. The van der Waals surface area contributed by atoms with Crippen LogP contribution in [0.1, 0.15) is 28.8 Å². The quantitative estimate of drug-likeness (QED) is 0.645. The molecule has 3 rings (SSSR count). The number of nitrogens with one attached hydrogen (secondary N) is 1. The van der Waals surface area contributed by atoms with Gasteiger partial charge in [-0.3, -0.25) is 14.5 Å². The lowest BCUT2D eigenvalue weighted by Gasteiger charge is -2.30. The topological polar surface area (TPSA) is 65.1 Å². The first kappa shape index (κ1) is 24.5. The average Bonchev–Trinajstić information content (AvgIpc) is 2.81. The Morgan fingerprint density at radius 3 is 2.28 bits per heavy atom. The van der Waals surface area contributed by atoms with E-state index in [-0.39, 0.29) is 30.3 Å². The number of nitrogens with zero attached hydrogens (tertiary/aromatic N) is 3. The smallest absolute Gasteiger partial charge is 0.379 e. The number of benzene rings is 1. The Balaban J connectivity index is 1.61. The molecule has 0 atom stereocenters. The summed E-state index contributed by atoms with van der Waals surface area (Å²) in [5.41, 5.74) is -0.596. The standard InChI is InChI=1S/C22H31F3N4O3/c23-22(24,25)19-4-2-18(3-5-19)21(31)29(10-1-9-27-14-16-32-17-15-27)11-6-20(30)28-12-7-26-8-13-28/h2-5,26H,1,6-17H2. The van der Waals surface area contributed by atoms with Crippen LogP contribution in [0.3, 0.4) is 0 Å². The summed E-state index contributed by atoms with van der Waals surface area (Å²) < 4.78 is 43.9. The monoisotopic (exact) mass is 456 g/mol. The second-order valence-corrected chi connectivity index (χ2v) is 8.06. The lowest BCUT2D eigenvalue weighted by Crippen LogP contribution is -2.47. The number of amides is 2. The summed E-state index contributed by atoms with van der Waals surface area (Å²) in [5.74, 6) is -0.362. The van der Waals surface area contributed by atoms with E-state index in [0.717, 1.165) is 44.9 Å². The van der Waals surface area contributed by atoms with Gasteiger partial charge in [0.15, 0.2) is 0 Å². The highest BCUT2D eigenvalue weighted by Gasteiger charge is 2.30. The number of hydrogen-bond acceptors (Lipinski definition) is 5. The molecule has 2 heterocycles. The maximum absolute atomic E-state index is 13.1. The lowest BCUT2D eigenvalue weighted by atomic mass is 10.1. The molecule has 2 fully saturated rings. The molecule has 178 valence electrons. The van der Waals surface area contributed by atoms with E-state index in [4.69, 9.17) is 4.74 Å². The highest BCUT2D eigenvalue weighted by Crippen LogP contribution is 2.29. The molecule has 0 aliphatic carbocycles. The number of hydrogen-bond donors (Lipinski definition) is 1. The fourth-order valence-corrected chi connectivity index (χ4v) is 3.91. The Hall–Kier alpha value is -2.17. The Labute approximate surface area is 186 Å². The van der Waals surface area contributed by atoms with Gasteiger partial charge in [-0.05, 0) is 30.7 Å². The summed E-state index contributed by atoms with van der Waals surface area (Å²) in [6, 6.07) is 4.26. The molecule has 0 radical (unpaired) electrons. The van der Waals surface area contributed by atoms with Crippen LogP contribution in [0.4, 0.5) is 13.2 Å². The van der Waals surface area contributed by atoms with Crippen LogP contribution in [-0.2, 0) is 15.7 Å². The van der Waals surface area contributed by atoms with Crippen molar-refractivity contribution < 1.29 is 27.5 Å². The van der Waals surface area contributed by atoms with Crippen LogP contribution in [0.2, 0.25) is 0 Å². The predicted molar refractivity (Wildman–Crippen MR) is 113 cm³/mol. The number of carbonyl (C=O) groups is 2. The largest absolute Gasteiger partial charge is 0.416 e. The number of carbonyl (C=O) groups excluding carboxylic acids is 2. The first-order chi connectivity index (χ1) is 15.3. The van der Waals surface area contributed by atoms with Gasteiger partial charge in [-0.2, -0.15) is 13.2 Å². The van der Waals surface area contributed by atoms with Crippen molar-refractivity contribution in [3.05, 3.63) is 35.4 Å². The molecule has 0 saturated carbocycles. The molecule has 2 aliphatic heterocycles. The minimum Gasteiger partial charge on any atom is -0.379 e. The zero-order valence-electron chi connectivity index (χ0n) is 18.2. The molecule has 2 saturated heterocycles. The van der Waals surface area contributed by atoms with E-state index >= 15 is 0 Å². The number of halogens is 3. The first-order valence-electron chi connectivity index (χ1n) is 11.1. The Morgan fingerprint density at radius 2 is 1.66 bits per heavy atom. The minimum absolute atomic E-state index is 0.00935. The average molecular weight is 457 g/mol. The van der Waals surface area contributed by atoms with E-state index in [1.807, 2.05) is 0 Å². The second kappa shape index (κ2) is 11.6. The molecule has 10 heteroatoms. The van der Waals surface area contributed by atoms with E-state index in [2.05, 4.69) is 10.2 Å². The van der Waals surface area contributed by atoms with Gasteiger partial charge >= 0.3 is 6.18 Å². The molecule has 0 bridgehead atoms. The van der Waals surface area contributed by atoms with Gasteiger partial charge < -0.3 is 19.9 Å². The van der Waals surface area contributed by atoms with Crippen molar-refractivity contribution in [1.29, 1.82) is 0 Å². The van der Waals surface area contributed by atoms with Crippen LogP contribution in [0, 0.1) is 0 Å². The summed E-state index contributed by atoms with van der Waals surface area (Å²) in [7, 11) is 0. The number of piperazine rings is 1. The summed E-state index contributed by atoms with van der Waals surface area (Å²) in [5, 5.41) is 3.20. The van der Waals surface area contributed by atoms with E-state index in [1.54, 1.807) is 9.80 Å². The van der Waals surface area contributed by atoms with E-state index in [9.17, 15) is 22.8 Å². The maximum atomic E-state index is 13.1. The van der Waals surface area contributed by atoms with E-state index in [0.29, 0.717) is 39.3 Å². The summed E-state index contributed by atoms with van der Waals surface area (Å²) in [6.07, 6.45) is -3.53. The van der Waals surface area contributed by atoms with Crippen LogP contribution < -0.4 is 5.32 Å². The fraction of sp³-hybridized carbons (Fsp3) is 0.636. The normalized spacial score (nSPS) is 17.9. The molecule has 2 aliphatic rings. The van der Waals surface area contributed by atoms with Crippen molar-refractivity contribution >= 4 is 11.8 Å². The van der Waals surface area contributed by atoms with Crippen molar-refractivity contribution in [3.8, 4) is 0 Å². The lowest BCUT2D eigenvalue weighted by molar-refractivity contribution is -0.137. The van der Waals surface area contributed by atoms with Crippen molar-refractivity contribution in [3.63, 3.8) is 0 Å². The van der Waals surface area contributed by atoms with Gasteiger partial charge in [-0.1, -0.05) is 0 Å². The van der Waals surface area contributed by atoms with E-state index < -0.39 is 11.7 Å². The Bertz CT molecular complexity index is 746. The van der Waals surface area contributed by atoms with Crippen molar-refractivity contribution in [1.82, 2.24) is 20.0 Å². The number of ether oxygens (including phenoxy) is 1. The Kier molecular flexibility index (Phi) is 8.89. The van der Waals surface area contributed by atoms with Crippen LogP contribution in [0.5, 0.6) is 0 Å². The molecule has 1 aromatic carbocycles. The van der Waals surface area contributed by atoms with Crippen molar-refractivity contribution in [2.45, 2.75) is 19.0 Å². The van der Waals surface area contributed by atoms with Gasteiger partial charge in [0.05, 0.1) is 18.8 Å². The number of morpholine rings is 1. The summed E-state index contributed by atoms with van der Waals surface area (Å²) >= 11 is 0. The van der Waals surface area contributed by atoms with Crippen LogP contribution in [-0.4, -0.2) is 98.6 Å². The molecule has 1 N–H and O–H groups in total. The fourth-order valence-electron chi connectivity index (χ4n) is 3.91. The van der Waals surface area contributed by atoms with E-state index in [1.165, 1.54) is 12.1 Å². The van der Waals surface area contributed by atoms with Crippen LogP contribution in [0.15, 0.2) is 24.3 Å². The highest BCUT2D eigenvalue weighted by atomic mass is 19.4. The Morgan fingerprint density at radius 1 is 1.00 bits per heavy atom. The van der Waals surface area contributed by atoms with Crippen molar-refractivity contribution in [2.75, 3.05) is 72.1 Å². The molecule has 1 aromatic rings. The molecule has 2 amide bonds. The summed E-state index contributed by atoms with van der Waals surface area (Å²) in [4.78, 5) is 31.2. The molecule has 32 heavy (non-hydrogen) atoms. The molecular weight excluding hydrogens is 425 g/mol. The van der Waals surface area contributed by atoms with Gasteiger partial charge in [0.1, 0.15) is 0 Å². The number of alkyl halides is 3. The summed E-state index contributed by atoms with van der Waals surface area (Å²) in [6.45, 7) is 7.32.